The van der Waals surface area contributed by atoms with Gasteiger partial charge in [0.25, 0.3) is 0 Å². The van der Waals surface area contributed by atoms with Crippen molar-refractivity contribution in [2.24, 2.45) is 0 Å². The summed E-state index contributed by atoms with van der Waals surface area (Å²) in [5, 5.41) is 3.58. The summed E-state index contributed by atoms with van der Waals surface area (Å²) in [5.74, 6) is 0.956. The van der Waals surface area contributed by atoms with Crippen LogP contribution in [0.3, 0.4) is 0 Å². The lowest BCUT2D eigenvalue weighted by molar-refractivity contribution is 0.243. The van der Waals surface area contributed by atoms with E-state index in [9.17, 15) is 0 Å². The molecule has 0 amide bonds. The third-order valence-corrected chi connectivity index (χ3v) is 3.00. The van der Waals surface area contributed by atoms with Gasteiger partial charge in [-0.15, -0.1) is 0 Å². The molecule has 1 fully saturated rings. The molecule has 0 aromatic heterocycles. The first-order valence-electron chi connectivity index (χ1n) is 6.36. The van der Waals surface area contributed by atoms with E-state index in [1.807, 2.05) is 18.2 Å². The molecular weight excluding hydrogens is 212 g/mol. The van der Waals surface area contributed by atoms with Crippen molar-refractivity contribution in [1.82, 2.24) is 4.90 Å². The molecule has 2 rings (SSSR count). The van der Waals surface area contributed by atoms with Crippen LogP contribution in [0.15, 0.2) is 24.3 Å². The van der Waals surface area contributed by atoms with Crippen LogP contribution in [0.2, 0.25) is 0 Å². The smallest absolute Gasteiger partial charge is 0.142 e. The Labute approximate surface area is 104 Å². The van der Waals surface area contributed by atoms with Crippen LogP contribution in [0.5, 0.6) is 5.75 Å². The van der Waals surface area contributed by atoms with Crippen LogP contribution in [0.4, 0.5) is 5.69 Å². The molecule has 0 bridgehead atoms. The van der Waals surface area contributed by atoms with Crippen molar-refractivity contribution >= 4 is 5.69 Å². The quantitative estimate of drug-likeness (QED) is 0.866. The number of benzene rings is 1. The molecular formula is C14H22N2O. The molecule has 1 unspecified atom stereocenters. The molecule has 94 valence electrons. The van der Waals surface area contributed by atoms with Crippen LogP contribution in [-0.2, 0) is 0 Å². The Kier molecular flexibility index (Phi) is 3.89. The van der Waals surface area contributed by atoms with Gasteiger partial charge in [-0.3, -0.25) is 0 Å². The minimum atomic E-state index is 0.212. The molecule has 1 aliphatic rings. The summed E-state index contributed by atoms with van der Waals surface area (Å²) < 4.78 is 5.81. The maximum atomic E-state index is 5.81. The first-order valence-corrected chi connectivity index (χ1v) is 6.36. The third-order valence-electron chi connectivity index (χ3n) is 3.00. The van der Waals surface area contributed by atoms with Crippen LogP contribution < -0.4 is 10.1 Å². The molecule has 3 heteroatoms. The second-order valence-corrected chi connectivity index (χ2v) is 5.05. The zero-order valence-corrected chi connectivity index (χ0v) is 10.9. The van der Waals surface area contributed by atoms with E-state index in [1.165, 1.54) is 13.0 Å². The summed E-state index contributed by atoms with van der Waals surface area (Å²) in [6, 6.07) is 8.73. The fourth-order valence-electron chi connectivity index (χ4n) is 2.22. The summed E-state index contributed by atoms with van der Waals surface area (Å²) >= 11 is 0. The molecule has 1 atom stereocenters. The molecule has 1 aromatic rings. The summed E-state index contributed by atoms with van der Waals surface area (Å²) in [7, 11) is 2.16. The van der Waals surface area contributed by atoms with E-state index in [4.69, 9.17) is 4.74 Å². The van der Waals surface area contributed by atoms with Gasteiger partial charge in [-0.05, 0) is 46.0 Å². The van der Waals surface area contributed by atoms with E-state index in [0.29, 0.717) is 6.04 Å². The van der Waals surface area contributed by atoms with Gasteiger partial charge in [0, 0.05) is 12.6 Å². The highest BCUT2D eigenvalue weighted by molar-refractivity contribution is 5.57. The van der Waals surface area contributed by atoms with E-state index < -0.39 is 0 Å². The number of rotatable bonds is 4. The average Bonchev–Trinajstić information content (AvgIpc) is 2.66. The molecule has 0 radical (unpaired) electrons. The molecule has 0 saturated carbocycles. The van der Waals surface area contributed by atoms with E-state index in [0.717, 1.165) is 18.0 Å². The van der Waals surface area contributed by atoms with Gasteiger partial charge in [0.1, 0.15) is 5.75 Å². The molecule has 0 spiro atoms. The van der Waals surface area contributed by atoms with Crippen molar-refractivity contribution in [2.45, 2.75) is 32.4 Å². The summed E-state index contributed by atoms with van der Waals surface area (Å²) in [6.07, 6.45) is 1.41. The predicted molar refractivity (Wildman–Crippen MR) is 71.7 cm³/mol. The Hall–Kier alpha value is -1.22. The van der Waals surface area contributed by atoms with Crippen molar-refractivity contribution in [3.05, 3.63) is 24.3 Å². The fraction of sp³-hybridized carbons (Fsp3) is 0.571. The molecule has 17 heavy (non-hydrogen) atoms. The average molecular weight is 234 g/mol. The Morgan fingerprint density at radius 1 is 1.35 bits per heavy atom. The van der Waals surface area contributed by atoms with Crippen molar-refractivity contribution in [3.8, 4) is 5.75 Å². The zero-order valence-electron chi connectivity index (χ0n) is 10.9. The van der Waals surface area contributed by atoms with E-state index >= 15 is 0 Å². The maximum Gasteiger partial charge on any atom is 0.142 e. The minimum absolute atomic E-state index is 0.212. The summed E-state index contributed by atoms with van der Waals surface area (Å²) in [4.78, 5) is 2.35. The number of likely N-dealkylation sites (tertiary alicyclic amines) is 1. The maximum absolute atomic E-state index is 5.81. The number of likely N-dealkylation sites (N-methyl/N-ethyl adjacent to an activating group) is 1. The third kappa shape index (κ3) is 3.37. The van der Waals surface area contributed by atoms with Gasteiger partial charge in [0.05, 0.1) is 11.8 Å². The number of hydrogen-bond donors (Lipinski definition) is 1. The highest BCUT2D eigenvalue weighted by Crippen LogP contribution is 2.26. The number of nitrogens with zero attached hydrogens (tertiary/aromatic N) is 1. The van der Waals surface area contributed by atoms with Crippen LogP contribution in [-0.4, -0.2) is 37.2 Å². The Morgan fingerprint density at radius 3 is 2.76 bits per heavy atom. The highest BCUT2D eigenvalue weighted by atomic mass is 16.5. The largest absolute Gasteiger partial charge is 0.489 e. The number of anilines is 1. The number of ether oxygens (including phenoxy) is 1. The molecule has 1 heterocycles. The second-order valence-electron chi connectivity index (χ2n) is 5.05. The second kappa shape index (κ2) is 5.41. The van der Waals surface area contributed by atoms with Gasteiger partial charge in [0.15, 0.2) is 0 Å². The van der Waals surface area contributed by atoms with Gasteiger partial charge >= 0.3 is 0 Å². The van der Waals surface area contributed by atoms with Gasteiger partial charge in [-0.2, -0.15) is 0 Å². The fourth-order valence-corrected chi connectivity index (χ4v) is 2.22. The molecule has 1 aromatic carbocycles. The monoisotopic (exact) mass is 234 g/mol. The van der Waals surface area contributed by atoms with Gasteiger partial charge < -0.3 is 15.0 Å². The van der Waals surface area contributed by atoms with Crippen molar-refractivity contribution in [2.75, 3.05) is 25.5 Å². The van der Waals surface area contributed by atoms with E-state index in [1.54, 1.807) is 0 Å². The van der Waals surface area contributed by atoms with Gasteiger partial charge in [-0.1, -0.05) is 12.1 Å². The number of nitrogens with one attached hydrogen (secondary N) is 1. The van der Waals surface area contributed by atoms with Crippen molar-refractivity contribution in [3.63, 3.8) is 0 Å². The van der Waals surface area contributed by atoms with Crippen LogP contribution in [0, 0.1) is 0 Å². The SMILES string of the molecule is CC(C)Oc1ccccc1NC1CCN(C)C1. The highest BCUT2D eigenvalue weighted by Gasteiger charge is 2.20. The Morgan fingerprint density at radius 2 is 2.12 bits per heavy atom. The Bertz CT molecular complexity index is 365. The molecule has 1 N–H and O–H groups in total. The Balaban J connectivity index is 2.04. The number of hydrogen-bond acceptors (Lipinski definition) is 3. The minimum Gasteiger partial charge on any atom is -0.489 e. The first kappa shape index (κ1) is 12.2. The standard InChI is InChI=1S/C14H22N2O/c1-11(2)17-14-7-5-4-6-13(14)15-12-8-9-16(3)10-12/h4-7,11-12,15H,8-10H2,1-3H3. The van der Waals surface area contributed by atoms with Crippen LogP contribution in [0.25, 0.3) is 0 Å². The molecule has 3 nitrogen and oxygen atoms in total. The zero-order chi connectivity index (χ0) is 12.3. The van der Waals surface area contributed by atoms with Gasteiger partial charge in [0.2, 0.25) is 0 Å². The van der Waals surface area contributed by atoms with Crippen LogP contribution in [0.1, 0.15) is 20.3 Å². The van der Waals surface area contributed by atoms with E-state index in [2.05, 4.69) is 37.2 Å². The topological polar surface area (TPSA) is 24.5 Å². The predicted octanol–water partition coefficient (Wildman–Crippen LogP) is 2.59. The van der Waals surface area contributed by atoms with E-state index in [-0.39, 0.29) is 6.10 Å². The lowest BCUT2D eigenvalue weighted by Gasteiger charge is -2.19. The lowest BCUT2D eigenvalue weighted by atomic mass is 10.2. The van der Waals surface area contributed by atoms with Crippen molar-refractivity contribution < 1.29 is 4.74 Å². The molecule has 1 saturated heterocycles. The molecule has 0 aliphatic carbocycles. The summed E-state index contributed by atoms with van der Waals surface area (Å²) in [5.41, 5.74) is 1.11. The lowest BCUT2D eigenvalue weighted by Crippen LogP contribution is -2.24. The normalized spacial score (nSPS) is 20.8. The van der Waals surface area contributed by atoms with Crippen molar-refractivity contribution in [1.29, 1.82) is 0 Å². The van der Waals surface area contributed by atoms with Gasteiger partial charge in [-0.25, -0.2) is 0 Å². The van der Waals surface area contributed by atoms with Crippen LogP contribution >= 0.6 is 0 Å². The number of para-hydroxylation sites is 2. The first-order chi connectivity index (χ1) is 8.15. The summed E-state index contributed by atoms with van der Waals surface area (Å²) in [6.45, 7) is 6.39. The molecule has 1 aliphatic heterocycles.